The Hall–Kier alpha value is -0.770. The van der Waals surface area contributed by atoms with Crippen molar-refractivity contribution >= 4 is 6.09 Å². The zero-order chi connectivity index (χ0) is 16.2. The molecule has 1 amide bonds. The largest absolute Gasteiger partial charge is 0.444 e. The summed E-state index contributed by atoms with van der Waals surface area (Å²) >= 11 is 0. The van der Waals surface area contributed by atoms with Gasteiger partial charge in [-0.25, -0.2) is 4.79 Å². The summed E-state index contributed by atoms with van der Waals surface area (Å²) in [5.41, 5.74) is -0.429. The first-order chi connectivity index (χ1) is 10.3. The van der Waals surface area contributed by atoms with Gasteiger partial charge < -0.3 is 15.4 Å². The molecule has 2 unspecified atom stereocenters. The Balaban J connectivity index is 1.76. The maximum atomic E-state index is 11.8. The summed E-state index contributed by atoms with van der Waals surface area (Å²) in [5, 5.41) is 6.74. The first-order valence-corrected chi connectivity index (χ1v) is 9.08. The Morgan fingerprint density at radius 3 is 2.27 bits per heavy atom. The monoisotopic (exact) mass is 310 g/mol. The smallest absolute Gasteiger partial charge is 0.407 e. The van der Waals surface area contributed by atoms with Crippen molar-refractivity contribution in [2.45, 2.75) is 90.3 Å². The Morgan fingerprint density at radius 1 is 1.09 bits per heavy atom. The summed E-state index contributed by atoms with van der Waals surface area (Å²) < 4.78 is 5.33. The van der Waals surface area contributed by atoms with Crippen LogP contribution >= 0.6 is 0 Å². The molecule has 0 saturated heterocycles. The number of carbonyl (C=O) groups is 1. The van der Waals surface area contributed by atoms with Crippen LogP contribution in [0.2, 0.25) is 0 Å². The zero-order valence-electron chi connectivity index (χ0n) is 14.8. The van der Waals surface area contributed by atoms with Crippen molar-refractivity contribution in [2.24, 2.45) is 11.8 Å². The van der Waals surface area contributed by atoms with Gasteiger partial charge in [-0.05, 0) is 65.2 Å². The third kappa shape index (κ3) is 6.15. The quantitative estimate of drug-likeness (QED) is 0.783. The van der Waals surface area contributed by atoms with Crippen molar-refractivity contribution in [3.05, 3.63) is 0 Å². The van der Waals surface area contributed by atoms with Crippen molar-refractivity contribution < 1.29 is 9.53 Å². The maximum absolute atomic E-state index is 11.8. The SMILES string of the molecule is CC(NC(CNC(=O)OC(C)(C)C)C1CC1)C1CCCCC1. The van der Waals surface area contributed by atoms with Crippen LogP contribution in [0.3, 0.4) is 0 Å². The van der Waals surface area contributed by atoms with Gasteiger partial charge in [0, 0.05) is 18.6 Å². The topological polar surface area (TPSA) is 50.4 Å². The average Bonchev–Trinajstić information content (AvgIpc) is 3.26. The summed E-state index contributed by atoms with van der Waals surface area (Å²) in [7, 11) is 0. The van der Waals surface area contributed by atoms with E-state index in [1.807, 2.05) is 20.8 Å². The van der Waals surface area contributed by atoms with Gasteiger partial charge in [0.15, 0.2) is 0 Å². The highest BCUT2D eigenvalue weighted by atomic mass is 16.6. The molecule has 0 aliphatic heterocycles. The van der Waals surface area contributed by atoms with Crippen LogP contribution in [0.4, 0.5) is 4.79 Å². The van der Waals surface area contributed by atoms with Crippen molar-refractivity contribution in [1.29, 1.82) is 0 Å². The summed E-state index contributed by atoms with van der Waals surface area (Å²) in [6.45, 7) is 8.69. The van der Waals surface area contributed by atoms with Gasteiger partial charge in [-0.1, -0.05) is 19.3 Å². The number of rotatable bonds is 6. The molecule has 2 aliphatic carbocycles. The van der Waals surface area contributed by atoms with Crippen LogP contribution in [0, 0.1) is 11.8 Å². The minimum atomic E-state index is -0.429. The average molecular weight is 310 g/mol. The van der Waals surface area contributed by atoms with E-state index < -0.39 is 5.60 Å². The lowest BCUT2D eigenvalue weighted by atomic mass is 9.84. The van der Waals surface area contributed by atoms with Gasteiger partial charge in [0.25, 0.3) is 0 Å². The molecule has 2 atom stereocenters. The summed E-state index contributed by atoms with van der Waals surface area (Å²) in [6, 6.07) is 0.941. The Bertz CT molecular complexity index is 355. The number of carbonyl (C=O) groups excluding carboxylic acids is 1. The second-order valence-electron chi connectivity index (χ2n) is 8.18. The van der Waals surface area contributed by atoms with Crippen LogP contribution in [-0.4, -0.2) is 30.3 Å². The fraction of sp³-hybridized carbons (Fsp3) is 0.944. The van der Waals surface area contributed by atoms with E-state index in [0.29, 0.717) is 18.6 Å². The fourth-order valence-electron chi connectivity index (χ4n) is 3.48. The highest BCUT2D eigenvalue weighted by Gasteiger charge is 2.33. The van der Waals surface area contributed by atoms with Crippen LogP contribution in [-0.2, 0) is 4.74 Å². The van der Waals surface area contributed by atoms with Gasteiger partial charge in [-0.2, -0.15) is 0 Å². The van der Waals surface area contributed by atoms with E-state index in [1.165, 1.54) is 44.9 Å². The van der Waals surface area contributed by atoms with Crippen molar-refractivity contribution in [1.82, 2.24) is 10.6 Å². The van der Waals surface area contributed by atoms with Crippen molar-refractivity contribution in [3.8, 4) is 0 Å². The molecular weight excluding hydrogens is 276 g/mol. The lowest BCUT2D eigenvalue weighted by Crippen LogP contribution is -2.49. The van der Waals surface area contributed by atoms with Crippen LogP contribution in [0.1, 0.15) is 72.6 Å². The predicted octanol–water partition coefficient (Wildman–Crippen LogP) is 3.85. The van der Waals surface area contributed by atoms with E-state index in [1.54, 1.807) is 0 Å². The van der Waals surface area contributed by atoms with E-state index in [2.05, 4.69) is 17.6 Å². The van der Waals surface area contributed by atoms with E-state index in [9.17, 15) is 4.79 Å². The first kappa shape index (κ1) is 17.6. The van der Waals surface area contributed by atoms with E-state index in [-0.39, 0.29) is 6.09 Å². The summed E-state index contributed by atoms with van der Waals surface area (Å²) in [5.74, 6) is 1.53. The van der Waals surface area contributed by atoms with Gasteiger partial charge >= 0.3 is 6.09 Å². The van der Waals surface area contributed by atoms with Crippen LogP contribution in [0.25, 0.3) is 0 Å². The first-order valence-electron chi connectivity index (χ1n) is 9.08. The molecule has 0 spiro atoms. The van der Waals surface area contributed by atoms with Crippen LogP contribution in [0.15, 0.2) is 0 Å². The molecule has 2 saturated carbocycles. The van der Waals surface area contributed by atoms with Gasteiger partial charge in [-0.15, -0.1) is 0 Å². The number of ether oxygens (including phenoxy) is 1. The molecule has 2 N–H and O–H groups in total. The molecule has 2 rings (SSSR count). The second kappa shape index (κ2) is 7.67. The summed E-state index contributed by atoms with van der Waals surface area (Å²) in [4.78, 5) is 11.8. The standard InChI is InChI=1S/C18H34N2O2/c1-13(14-8-6-5-7-9-14)20-16(15-10-11-15)12-19-17(21)22-18(2,3)4/h13-16,20H,5-12H2,1-4H3,(H,19,21). The zero-order valence-corrected chi connectivity index (χ0v) is 14.8. The molecular formula is C18H34N2O2. The van der Waals surface area contributed by atoms with Crippen molar-refractivity contribution in [3.63, 3.8) is 0 Å². The van der Waals surface area contributed by atoms with Crippen LogP contribution in [0.5, 0.6) is 0 Å². The van der Waals surface area contributed by atoms with E-state index in [0.717, 1.165) is 11.8 Å². The molecule has 0 radical (unpaired) electrons. The molecule has 2 fully saturated rings. The molecule has 2 aliphatic rings. The Labute approximate surface area is 135 Å². The fourth-order valence-corrected chi connectivity index (χ4v) is 3.48. The minimum absolute atomic E-state index is 0.301. The molecule has 0 aromatic carbocycles. The summed E-state index contributed by atoms with van der Waals surface area (Å²) in [6.07, 6.45) is 9.12. The highest BCUT2D eigenvalue weighted by molar-refractivity contribution is 5.67. The number of hydrogen-bond acceptors (Lipinski definition) is 3. The molecule has 22 heavy (non-hydrogen) atoms. The predicted molar refractivity (Wildman–Crippen MR) is 89.9 cm³/mol. The lowest BCUT2D eigenvalue weighted by molar-refractivity contribution is 0.0519. The third-order valence-corrected chi connectivity index (χ3v) is 4.89. The lowest BCUT2D eigenvalue weighted by Gasteiger charge is -2.32. The van der Waals surface area contributed by atoms with E-state index in [4.69, 9.17) is 4.74 Å². The molecule has 4 heteroatoms. The van der Waals surface area contributed by atoms with Crippen molar-refractivity contribution in [2.75, 3.05) is 6.54 Å². The van der Waals surface area contributed by atoms with Gasteiger partial charge in [-0.3, -0.25) is 0 Å². The minimum Gasteiger partial charge on any atom is -0.444 e. The molecule has 0 aromatic heterocycles. The number of nitrogens with one attached hydrogen (secondary N) is 2. The number of hydrogen-bond donors (Lipinski definition) is 2. The molecule has 0 aromatic rings. The maximum Gasteiger partial charge on any atom is 0.407 e. The normalized spacial score (nSPS) is 22.9. The molecule has 0 bridgehead atoms. The highest BCUT2D eigenvalue weighted by Crippen LogP contribution is 2.34. The van der Waals surface area contributed by atoms with Crippen LogP contribution < -0.4 is 10.6 Å². The third-order valence-electron chi connectivity index (χ3n) is 4.89. The van der Waals surface area contributed by atoms with Gasteiger partial charge in [0.1, 0.15) is 5.60 Å². The molecule has 0 heterocycles. The Morgan fingerprint density at radius 2 is 1.73 bits per heavy atom. The number of alkyl carbamates (subject to hydrolysis) is 1. The van der Waals surface area contributed by atoms with E-state index >= 15 is 0 Å². The molecule has 128 valence electrons. The number of amides is 1. The molecule has 4 nitrogen and oxygen atoms in total. The van der Waals surface area contributed by atoms with Gasteiger partial charge in [0.2, 0.25) is 0 Å². The second-order valence-corrected chi connectivity index (χ2v) is 8.18. The Kier molecular flexibility index (Phi) is 6.13. The van der Waals surface area contributed by atoms with Gasteiger partial charge in [0.05, 0.1) is 0 Å².